The quantitative estimate of drug-likeness (QED) is 0.365. The van der Waals surface area contributed by atoms with Crippen LogP contribution < -0.4 is 0 Å². The van der Waals surface area contributed by atoms with Gasteiger partial charge in [0.2, 0.25) is 0 Å². The van der Waals surface area contributed by atoms with Crippen LogP contribution >= 0.6 is 31.9 Å². The molecule has 1 rings (SSSR count). The molecule has 0 heterocycles. The highest BCUT2D eigenvalue weighted by molar-refractivity contribution is 9.14. The molecule has 0 aliphatic heterocycles. The van der Waals surface area contributed by atoms with Crippen molar-refractivity contribution in [2.45, 2.75) is 4.83 Å². The lowest BCUT2D eigenvalue weighted by Crippen LogP contribution is -2.14. The van der Waals surface area contributed by atoms with E-state index in [2.05, 4.69) is 36.6 Å². The average Bonchev–Trinajstić information content (AvgIpc) is 1.95. The molecular formula is C6H4Br2N2. The minimum atomic E-state index is -0.0116. The van der Waals surface area contributed by atoms with Crippen LogP contribution in [0.15, 0.2) is 22.7 Å². The van der Waals surface area contributed by atoms with E-state index in [-0.39, 0.29) is 4.83 Å². The van der Waals surface area contributed by atoms with Gasteiger partial charge in [-0.05, 0) is 0 Å². The van der Waals surface area contributed by atoms with Crippen LogP contribution in [0.1, 0.15) is 0 Å². The van der Waals surface area contributed by atoms with E-state index >= 15 is 0 Å². The normalized spacial score (nSPS) is 24.0. The zero-order valence-electron chi connectivity index (χ0n) is 4.96. The first-order valence-corrected chi connectivity index (χ1v) is 4.36. The van der Waals surface area contributed by atoms with Crippen molar-refractivity contribution in [3.05, 3.63) is 28.2 Å². The Morgan fingerprint density at radius 1 is 1.60 bits per heavy atom. The molecule has 0 amide bonds. The predicted octanol–water partition coefficient (Wildman–Crippen LogP) is 2.27. The van der Waals surface area contributed by atoms with Gasteiger partial charge in [-0.1, -0.05) is 44.0 Å². The Morgan fingerprint density at radius 2 is 2.30 bits per heavy atom. The number of allylic oxidation sites excluding steroid dienone is 4. The highest BCUT2D eigenvalue weighted by atomic mass is 79.9. The second kappa shape index (κ2) is 3.28. The predicted molar refractivity (Wildman–Crippen MR) is 47.5 cm³/mol. The summed E-state index contributed by atoms with van der Waals surface area (Å²) in [5.41, 5.74) is 9.04. The molecule has 0 aromatic rings. The lowest BCUT2D eigenvalue weighted by Gasteiger charge is -2.03. The molecule has 0 N–H and O–H groups in total. The van der Waals surface area contributed by atoms with Gasteiger partial charge in [-0.15, -0.1) is 0 Å². The second-order valence-electron chi connectivity index (χ2n) is 1.80. The first-order valence-electron chi connectivity index (χ1n) is 2.65. The van der Waals surface area contributed by atoms with Crippen molar-refractivity contribution in [1.29, 1.82) is 0 Å². The van der Waals surface area contributed by atoms with Gasteiger partial charge in [0.1, 0.15) is 4.83 Å². The van der Waals surface area contributed by atoms with Gasteiger partial charge in [0.25, 0.3) is 0 Å². The largest absolute Gasteiger partial charge is 0.361 e. The Labute approximate surface area is 75.5 Å². The molecule has 0 spiro atoms. The Balaban J connectivity index is 3.00. The SMILES string of the molecule is [N-]=[N+]=C1C=CC=C(Br)C1Br. The van der Waals surface area contributed by atoms with Gasteiger partial charge in [-0.3, -0.25) is 0 Å². The number of nitrogens with zero attached hydrogens (tertiary/aromatic N) is 2. The minimum absolute atomic E-state index is 0.0116. The van der Waals surface area contributed by atoms with Gasteiger partial charge in [0, 0.05) is 10.6 Å². The zero-order valence-corrected chi connectivity index (χ0v) is 8.13. The Hall–Kier alpha value is -0.180. The van der Waals surface area contributed by atoms with E-state index in [9.17, 15) is 0 Å². The molecule has 0 saturated heterocycles. The van der Waals surface area contributed by atoms with Crippen molar-refractivity contribution in [2.24, 2.45) is 0 Å². The fourth-order valence-electron chi connectivity index (χ4n) is 0.633. The van der Waals surface area contributed by atoms with Crippen molar-refractivity contribution < 1.29 is 4.79 Å². The number of alkyl halides is 1. The van der Waals surface area contributed by atoms with E-state index in [0.717, 1.165) is 4.48 Å². The Bertz CT molecular complexity index is 248. The molecule has 4 heteroatoms. The summed E-state index contributed by atoms with van der Waals surface area (Å²) in [5, 5.41) is 0. The van der Waals surface area contributed by atoms with Crippen LogP contribution in [0, 0.1) is 0 Å². The molecule has 52 valence electrons. The minimum Gasteiger partial charge on any atom is -0.361 e. The number of hydrogen-bond acceptors (Lipinski definition) is 0. The summed E-state index contributed by atoms with van der Waals surface area (Å²) in [6.07, 6.45) is 5.45. The van der Waals surface area contributed by atoms with Crippen LogP contribution in [0.3, 0.4) is 0 Å². The van der Waals surface area contributed by atoms with E-state index in [1.54, 1.807) is 6.08 Å². The molecule has 0 aromatic heterocycles. The third-order valence-electron chi connectivity index (χ3n) is 1.14. The Morgan fingerprint density at radius 3 is 2.80 bits per heavy atom. The standard InChI is InChI=1S/C6H4Br2N2/c7-4-2-1-3-5(10-9)6(4)8/h1-3,6H. The van der Waals surface area contributed by atoms with Gasteiger partial charge in [-0.25, -0.2) is 0 Å². The monoisotopic (exact) mass is 262 g/mol. The molecule has 0 bridgehead atoms. The Kier molecular flexibility index (Phi) is 2.60. The molecule has 2 nitrogen and oxygen atoms in total. The highest BCUT2D eigenvalue weighted by Crippen LogP contribution is 2.22. The number of hydrogen-bond donors (Lipinski definition) is 0. The topological polar surface area (TPSA) is 36.4 Å². The second-order valence-corrected chi connectivity index (χ2v) is 3.63. The van der Waals surface area contributed by atoms with E-state index in [1.165, 1.54) is 0 Å². The van der Waals surface area contributed by atoms with Crippen LogP contribution in [-0.4, -0.2) is 15.3 Å². The summed E-state index contributed by atoms with van der Waals surface area (Å²) < 4.78 is 0.961. The summed E-state index contributed by atoms with van der Waals surface area (Å²) in [5.74, 6) is 0. The van der Waals surface area contributed by atoms with Crippen molar-refractivity contribution in [3.63, 3.8) is 0 Å². The van der Waals surface area contributed by atoms with Crippen molar-refractivity contribution in [2.75, 3.05) is 0 Å². The lowest BCUT2D eigenvalue weighted by molar-refractivity contribution is -0.00486. The molecular weight excluding hydrogens is 260 g/mol. The summed E-state index contributed by atoms with van der Waals surface area (Å²) in [6.45, 7) is 0. The van der Waals surface area contributed by atoms with E-state index in [4.69, 9.17) is 5.53 Å². The molecule has 0 radical (unpaired) electrons. The van der Waals surface area contributed by atoms with E-state index in [1.807, 2.05) is 12.2 Å². The van der Waals surface area contributed by atoms with Crippen molar-refractivity contribution in [3.8, 4) is 0 Å². The summed E-state index contributed by atoms with van der Waals surface area (Å²) in [7, 11) is 0. The molecule has 1 atom stereocenters. The first-order chi connectivity index (χ1) is 4.75. The van der Waals surface area contributed by atoms with Crippen molar-refractivity contribution in [1.82, 2.24) is 0 Å². The van der Waals surface area contributed by atoms with Gasteiger partial charge in [0.15, 0.2) is 0 Å². The van der Waals surface area contributed by atoms with Crippen LogP contribution in [0.4, 0.5) is 0 Å². The third-order valence-corrected chi connectivity index (χ3v) is 3.44. The number of rotatable bonds is 0. The van der Waals surface area contributed by atoms with Gasteiger partial charge in [0.05, 0.1) is 0 Å². The summed E-state index contributed by atoms with van der Waals surface area (Å²) >= 11 is 6.63. The van der Waals surface area contributed by atoms with Crippen molar-refractivity contribution >= 4 is 37.6 Å². The molecule has 0 saturated carbocycles. The zero-order chi connectivity index (χ0) is 7.56. The van der Waals surface area contributed by atoms with Crippen LogP contribution in [0.2, 0.25) is 0 Å². The average molecular weight is 264 g/mol. The molecule has 1 unspecified atom stereocenters. The first kappa shape index (κ1) is 7.92. The maximum atomic E-state index is 8.44. The molecule has 1 aliphatic rings. The number of halogens is 2. The van der Waals surface area contributed by atoms with Crippen LogP contribution in [0.5, 0.6) is 0 Å². The highest BCUT2D eigenvalue weighted by Gasteiger charge is 2.22. The van der Waals surface area contributed by atoms with E-state index in [0.29, 0.717) is 5.71 Å². The fraction of sp³-hybridized carbons (Fsp3) is 0.167. The van der Waals surface area contributed by atoms with E-state index < -0.39 is 0 Å². The third kappa shape index (κ3) is 1.45. The molecule has 10 heavy (non-hydrogen) atoms. The fourth-order valence-corrected chi connectivity index (χ4v) is 1.42. The molecule has 0 fully saturated rings. The summed E-state index contributed by atoms with van der Waals surface area (Å²) in [4.78, 5) is 3.08. The molecule has 1 aliphatic carbocycles. The van der Waals surface area contributed by atoms with Gasteiger partial charge < -0.3 is 5.53 Å². The van der Waals surface area contributed by atoms with Crippen LogP contribution in [0.25, 0.3) is 5.53 Å². The van der Waals surface area contributed by atoms with Gasteiger partial charge in [-0.2, -0.15) is 4.79 Å². The maximum Gasteiger partial charge on any atom is 0.310 e. The maximum absolute atomic E-state index is 8.44. The lowest BCUT2D eigenvalue weighted by atomic mass is 10.2. The summed E-state index contributed by atoms with van der Waals surface area (Å²) in [6, 6.07) is 0. The molecule has 0 aromatic carbocycles. The van der Waals surface area contributed by atoms with Gasteiger partial charge >= 0.3 is 5.71 Å². The smallest absolute Gasteiger partial charge is 0.310 e. The van der Waals surface area contributed by atoms with Crippen LogP contribution in [-0.2, 0) is 0 Å².